The van der Waals surface area contributed by atoms with Crippen LogP contribution in [-0.2, 0) is 13.2 Å². The Bertz CT molecular complexity index is 803. The molecule has 0 saturated carbocycles. The summed E-state index contributed by atoms with van der Waals surface area (Å²) in [4.78, 5) is 4.55. The Kier molecular flexibility index (Phi) is 5.08. The van der Waals surface area contributed by atoms with Crippen LogP contribution >= 0.6 is 0 Å². The highest BCUT2D eigenvalue weighted by Crippen LogP contribution is 2.26. The van der Waals surface area contributed by atoms with E-state index >= 15 is 0 Å². The molecule has 2 aromatic carbocycles. The van der Waals surface area contributed by atoms with E-state index in [-0.39, 0.29) is 6.61 Å². The third kappa shape index (κ3) is 3.91. The quantitative estimate of drug-likeness (QED) is 0.750. The van der Waals surface area contributed by atoms with Gasteiger partial charge in [0.25, 0.3) is 0 Å². The van der Waals surface area contributed by atoms with Crippen molar-refractivity contribution in [2.75, 3.05) is 7.11 Å². The molecule has 1 aromatic heterocycles. The first-order valence-corrected chi connectivity index (χ1v) is 7.71. The summed E-state index contributed by atoms with van der Waals surface area (Å²) in [6.07, 6.45) is 0. The van der Waals surface area contributed by atoms with Crippen molar-refractivity contribution in [3.05, 3.63) is 77.9 Å². The lowest BCUT2D eigenvalue weighted by Crippen LogP contribution is -1.99. The van der Waals surface area contributed by atoms with Crippen LogP contribution in [0.15, 0.2) is 66.7 Å². The van der Waals surface area contributed by atoms with Gasteiger partial charge in [0.1, 0.15) is 12.4 Å². The molecule has 0 fully saturated rings. The summed E-state index contributed by atoms with van der Waals surface area (Å²) in [5.41, 5.74) is 3.47. The topological polar surface area (TPSA) is 51.6 Å². The minimum Gasteiger partial charge on any atom is -0.497 e. The van der Waals surface area contributed by atoms with Gasteiger partial charge in [0.15, 0.2) is 0 Å². The Morgan fingerprint density at radius 2 is 1.75 bits per heavy atom. The summed E-state index contributed by atoms with van der Waals surface area (Å²) in [6.45, 7) is 0.363. The molecule has 4 heteroatoms. The number of nitrogens with zero attached hydrogens (tertiary/aromatic N) is 1. The number of aliphatic hydroxyl groups excluding tert-OH is 1. The first-order valence-electron chi connectivity index (χ1n) is 7.71. The molecule has 0 aliphatic rings. The van der Waals surface area contributed by atoms with Crippen molar-refractivity contribution in [2.24, 2.45) is 0 Å². The van der Waals surface area contributed by atoms with Crippen LogP contribution in [0.4, 0.5) is 0 Å². The number of methoxy groups -OCH3 is 1. The van der Waals surface area contributed by atoms with Gasteiger partial charge in [-0.25, -0.2) is 4.98 Å². The molecule has 0 unspecified atom stereocenters. The van der Waals surface area contributed by atoms with Crippen molar-refractivity contribution in [3.63, 3.8) is 0 Å². The van der Waals surface area contributed by atoms with Crippen LogP contribution in [0.25, 0.3) is 11.3 Å². The van der Waals surface area contributed by atoms with E-state index in [1.54, 1.807) is 13.2 Å². The van der Waals surface area contributed by atoms with Crippen molar-refractivity contribution < 1.29 is 14.6 Å². The van der Waals surface area contributed by atoms with Gasteiger partial charge in [-0.2, -0.15) is 0 Å². The predicted octanol–water partition coefficient (Wildman–Crippen LogP) is 3.83. The van der Waals surface area contributed by atoms with Gasteiger partial charge < -0.3 is 14.6 Å². The largest absolute Gasteiger partial charge is 0.497 e. The monoisotopic (exact) mass is 321 g/mol. The SMILES string of the molecule is COc1cccc(-c2cc(CO)cc(OCc3ccccc3)n2)c1. The minimum absolute atomic E-state index is 0.0683. The van der Waals surface area contributed by atoms with Gasteiger partial charge in [-0.05, 0) is 29.3 Å². The van der Waals surface area contributed by atoms with E-state index in [0.717, 1.165) is 28.1 Å². The number of ether oxygens (including phenoxy) is 2. The minimum atomic E-state index is -0.0683. The first-order chi connectivity index (χ1) is 11.8. The lowest BCUT2D eigenvalue weighted by atomic mass is 10.1. The molecule has 0 atom stereocenters. The fourth-order valence-corrected chi connectivity index (χ4v) is 2.39. The molecule has 0 spiro atoms. The predicted molar refractivity (Wildman–Crippen MR) is 92.9 cm³/mol. The van der Waals surface area contributed by atoms with Crippen LogP contribution in [-0.4, -0.2) is 17.2 Å². The second-order valence-corrected chi connectivity index (χ2v) is 5.36. The van der Waals surface area contributed by atoms with Crippen molar-refractivity contribution in [1.29, 1.82) is 0 Å². The third-order valence-electron chi connectivity index (χ3n) is 3.64. The summed E-state index contributed by atoms with van der Waals surface area (Å²) < 4.78 is 11.1. The van der Waals surface area contributed by atoms with E-state index < -0.39 is 0 Å². The average molecular weight is 321 g/mol. The van der Waals surface area contributed by atoms with Crippen LogP contribution in [0.1, 0.15) is 11.1 Å². The lowest BCUT2D eigenvalue weighted by molar-refractivity contribution is 0.275. The number of aliphatic hydroxyl groups is 1. The first kappa shape index (κ1) is 16.0. The van der Waals surface area contributed by atoms with Gasteiger partial charge >= 0.3 is 0 Å². The van der Waals surface area contributed by atoms with Gasteiger partial charge in [0.2, 0.25) is 5.88 Å². The van der Waals surface area contributed by atoms with Gasteiger partial charge in [0.05, 0.1) is 19.4 Å². The zero-order chi connectivity index (χ0) is 16.8. The molecule has 0 amide bonds. The molecule has 3 aromatic rings. The maximum atomic E-state index is 9.51. The number of rotatable bonds is 6. The number of hydrogen-bond donors (Lipinski definition) is 1. The maximum Gasteiger partial charge on any atom is 0.214 e. The number of hydrogen-bond acceptors (Lipinski definition) is 4. The molecule has 24 heavy (non-hydrogen) atoms. The van der Waals surface area contributed by atoms with Crippen LogP contribution in [0, 0.1) is 0 Å². The van der Waals surface area contributed by atoms with Crippen molar-refractivity contribution >= 4 is 0 Å². The highest BCUT2D eigenvalue weighted by atomic mass is 16.5. The Morgan fingerprint density at radius 3 is 2.50 bits per heavy atom. The number of aromatic nitrogens is 1. The van der Waals surface area contributed by atoms with E-state index in [1.165, 1.54) is 0 Å². The van der Waals surface area contributed by atoms with Gasteiger partial charge in [-0.15, -0.1) is 0 Å². The molecule has 1 heterocycles. The van der Waals surface area contributed by atoms with Crippen molar-refractivity contribution in [2.45, 2.75) is 13.2 Å². The molecular formula is C20H19NO3. The third-order valence-corrected chi connectivity index (χ3v) is 3.64. The highest BCUT2D eigenvalue weighted by molar-refractivity contribution is 5.62. The summed E-state index contributed by atoms with van der Waals surface area (Å²) in [5, 5.41) is 9.51. The molecule has 0 aliphatic heterocycles. The second-order valence-electron chi connectivity index (χ2n) is 5.36. The van der Waals surface area contributed by atoms with E-state index in [4.69, 9.17) is 9.47 Å². The van der Waals surface area contributed by atoms with E-state index in [2.05, 4.69) is 4.98 Å². The Balaban J connectivity index is 1.87. The molecular weight excluding hydrogens is 302 g/mol. The average Bonchev–Trinajstić information content (AvgIpc) is 2.67. The van der Waals surface area contributed by atoms with Gasteiger partial charge in [0, 0.05) is 11.6 Å². The molecule has 122 valence electrons. The summed E-state index contributed by atoms with van der Waals surface area (Å²) >= 11 is 0. The Labute approximate surface area is 141 Å². The summed E-state index contributed by atoms with van der Waals surface area (Å²) in [5.74, 6) is 1.25. The molecule has 0 aliphatic carbocycles. The zero-order valence-corrected chi connectivity index (χ0v) is 13.5. The molecule has 0 radical (unpaired) electrons. The molecule has 1 N–H and O–H groups in total. The smallest absolute Gasteiger partial charge is 0.214 e. The Hall–Kier alpha value is -2.85. The highest BCUT2D eigenvalue weighted by Gasteiger charge is 2.07. The molecule has 4 nitrogen and oxygen atoms in total. The fraction of sp³-hybridized carbons (Fsp3) is 0.150. The van der Waals surface area contributed by atoms with Crippen LogP contribution < -0.4 is 9.47 Å². The van der Waals surface area contributed by atoms with Crippen LogP contribution in [0.5, 0.6) is 11.6 Å². The van der Waals surface area contributed by atoms with E-state index in [9.17, 15) is 5.11 Å². The zero-order valence-electron chi connectivity index (χ0n) is 13.5. The lowest BCUT2D eigenvalue weighted by Gasteiger charge is -2.10. The van der Waals surface area contributed by atoms with Crippen LogP contribution in [0.2, 0.25) is 0 Å². The molecule has 3 rings (SSSR count). The fourth-order valence-electron chi connectivity index (χ4n) is 2.39. The van der Waals surface area contributed by atoms with E-state index in [0.29, 0.717) is 12.5 Å². The summed E-state index contributed by atoms with van der Waals surface area (Å²) in [7, 11) is 1.63. The van der Waals surface area contributed by atoms with Crippen LogP contribution in [0.3, 0.4) is 0 Å². The number of pyridine rings is 1. The standard InChI is InChI=1S/C20H19NO3/c1-23-18-9-5-8-17(12-18)19-10-16(13-22)11-20(21-19)24-14-15-6-3-2-4-7-15/h2-12,22H,13-14H2,1H3. The normalized spacial score (nSPS) is 10.4. The van der Waals surface area contributed by atoms with E-state index in [1.807, 2.05) is 60.7 Å². The Morgan fingerprint density at radius 1 is 0.917 bits per heavy atom. The van der Waals surface area contributed by atoms with Crippen molar-refractivity contribution in [3.8, 4) is 22.9 Å². The summed E-state index contributed by atoms with van der Waals surface area (Å²) in [6, 6.07) is 21.2. The number of benzene rings is 2. The maximum absolute atomic E-state index is 9.51. The molecule has 0 saturated heterocycles. The second kappa shape index (κ2) is 7.62. The van der Waals surface area contributed by atoms with Crippen molar-refractivity contribution in [1.82, 2.24) is 4.98 Å². The van der Waals surface area contributed by atoms with Gasteiger partial charge in [-0.3, -0.25) is 0 Å². The molecule has 0 bridgehead atoms. The van der Waals surface area contributed by atoms with Gasteiger partial charge in [-0.1, -0.05) is 42.5 Å².